The van der Waals surface area contributed by atoms with E-state index in [1.807, 2.05) is 0 Å². The van der Waals surface area contributed by atoms with Crippen molar-refractivity contribution in [2.75, 3.05) is 4.90 Å². The molecule has 0 bridgehead atoms. The van der Waals surface area contributed by atoms with Gasteiger partial charge in [0.05, 0.1) is 44.8 Å². The highest BCUT2D eigenvalue weighted by molar-refractivity contribution is 6.20. The molecule has 0 unspecified atom stereocenters. The summed E-state index contributed by atoms with van der Waals surface area (Å²) in [5.41, 5.74) is 10.3. The third-order valence-corrected chi connectivity index (χ3v) is 11.8. The molecule has 0 aliphatic carbocycles. The fraction of sp³-hybridized carbons (Fsp3) is 0. The Kier molecular flexibility index (Phi) is 6.93. The van der Waals surface area contributed by atoms with Gasteiger partial charge in [-0.05, 0) is 64.7 Å². The van der Waals surface area contributed by atoms with E-state index in [2.05, 4.69) is 226 Å². The van der Waals surface area contributed by atoms with Crippen LogP contribution in [0.4, 0.5) is 17.1 Å². The number of rotatable bonds is 5. The van der Waals surface area contributed by atoms with Gasteiger partial charge in [0.2, 0.25) is 0 Å². The van der Waals surface area contributed by atoms with E-state index < -0.39 is 0 Å². The second kappa shape index (κ2) is 12.5. The summed E-state index contributed by atoms with van der Waals surface area (Å²) in [4.78, 5) is 2.44. The van der Waals surface area contributed by atoms with Gasteiger partial charge in [0.1, 0.15) is 0 Å². The molecule has 0 aliphatic heterocycles. The van der Waals surface area contributed by atoms with Crippen molar-refractivity contribution in [1.29, 1.82) is 0 Å². The molecular formula is C54H35N3. The molecule has 57 heavy (non-hydrogen) atoms. The number of aromatic nitrogens is 2. The molecule has 12 rings (SSSR count). The summed E-state index contributed by atoms with van der Waals surface area (Å²) in [6.45, 7) is 0. The summed E-state index contributed by atoms with van der Waals surface area (Å²) in [5.74, 6) is 0. The van der Waals surface area contributed by atoms with Gasteiger partial charge in [0.15, 0.2) is 0 Å². The third-order valence-electron chi connectivity index (χ3n) is 11.8. The van der Waals surface area contributed by atoms with Gasteiger partial charge in [-0.1, -0.05) is 164 Å². The van der Waals surface area contributed by atoms with E-state index in [-0.39, 0.29) is 0 Å². The van der Waals surface area contributed by atoms with Crippen LogP contribution in [0.2, 0.25) is 0 Å². The maximum Gasteiger partial charge on any atom is 0.0619 e. The van der Waals surface area contributed by atoms with Gasteiger partial charge >= 0.3 is 0 Å². The van der Waals surface area contributed by atoms with Crippen molar-refractivity contribution in [2.24, 2.45) is 0 Å². The van der Waals surface area contributed by atoms with Crippen molar-refractivity contribution in [2.45, 2.75) is 0 Å². The van der Waals surface area contributed by atoms with E-state index in [1.54, 1.807) is 0 Å². The molecule has 0 aliphatic rings. The smallest absolute Gasteiger partial charge is 0.0619 e. The number of benzene rings is 10. The molecule has 10 aromatic carbocycles. The first-order valence-corrected chi connectivity index (χ1v) is 19.6. The number of para-hydroxylation sites is 3. The molecule has 0 N–H and O–H groups in total. The van der Waals surface area contributed by atoms with Crippen molar-refractivity contribution in [1.82, 2.24) is 9.13 Å². The van der Waals surface area contributed by atoms with Crippen LogP contribution in [0.1, 0.15) is 0 Å². The summed E-state index contributed by atoms with van der Waals surface area (Å²) in [6.07, 6.45) is 0. The van der Waals surface area contributed by atoms with Crippen LogP contribution in [0.3, 0.4) is 0 Å². The Labute approximate surface area is 329 Å². The average molecular weight is 726 g/mol. The second-order valence-electron chi connectivity index (χ2n) is 14.9. The lowest BCUT2D eigenvalue weighted by atomic mass is 10.1. The minimum atomic E-state index is 1.07. The standard InChI is InChI=1S/C54H35N3/c1-2-19-39(20-3-1)55(50-28-14-18-36-15-4-7-21-43(36)50)40-33-41(56-51-26-12-10-24-46(51)48-31-29-37-16-5-8-22-44(37)53(48)56)35-42(34-40)57-52-27-13-11-25-47(52)49-32-30-38-17-6-9-23-45(38)54(49)57/h1-35H. The lowest BCUT2D eigenvalue weighted by Crippen LogP contribution is -2.12. The van der Waals surface area contributed by atoms with E-state index in [1.165, 1.54) is 75.9 Å². The number of hydrogen-bond acceptors (Lipinski definition) is 1. The number of fused-ring (bicyclic) bond motifs is 11. The zero-order chi connectivity index (χ0) is 37.5. The maximum atomic E-state index is 2.50. The van der Waals surface area contributed by atoms with E-state index in [0.29, 0.717) is 0 Å². The molecule has 3 heteroatoms. The predicted octanol–water partition coefficient (Wildman–Crippen LogP) is 14.8. The molecule has 0 radical (unpaired) electrons. The molecule has 3 nitrogen and oxygen atoms in total. The molecule has 0 fully saturated rings. The molecule has 0 saturated heterocycles. The van der Waals surface area contributed by atoms with Crippen molar-refractivity contribution in [3.63, 3.8) is 0 Å². The van der Waals surface area contributed by atoms with Crippen molar-refractivity contribution < 1.29 is 0 Å². The molecule has 266 valence electrons. The van der Waals surface area contributed by atoms with Crippen LogP contribution in [0, 0.1) is 0 Å². The SMILES string of the molecule is c1ccc(N(c2cc(-n3c4ccccc4c4ccc5ccccc5c43)cc(-n3c4ccccc4c4ccc5ccccc5c43)c2)c2cccc3ccccc23)cc1. The summed E-state index contributed by atoms with van der Waals surface area (Å²) in [6, 6.07) is 77.7. The molecule has 0 atom stereocenters. The van der Waals surface area contributed by atoms with Crippen molar-refractivity contribution in [3.8, 4) is 11.4 Å². The quantitative estimate of drug-likeness (QED) is 0.172. The minimum Gasteiger partial charge on any atom is -0.310 e. The maximum absolute atomic E-state index is 2.50. The Balaban J connectivity index is 1.27. The van der Waals surface area contributed by atoms with E-state index in [9.17, 15) is 0 Å². The van der Waals surface area contributed by atoms with Crippen LogP contribution in [-0.4, -0.2) is 9.13 Å². The monoisotopic (exact) mass is 725 g/mol. The van der Waals surface area contributed by atoms with Crippen LogP contribution in [0.15, 0.2) is 212 Å². The fourth-order valence-corrected chi connectivity index (χ4v) is 9.37. The van der Waals surface area contributed by atoms with Crippen molar-refractivity contribution >= 4 is 93.0 Å². The van der Waals surface area contributed by atoms with Crippen LogP contribution in [0.5, 0.6) is 0 Å². The van der Waals surface area contributed by atoms with E-state index in [4.69, 9.17) is 0 Å². The zero-order valence-corrected chi connectivity index (χ0v) is 31.0. The molecule has 0 saturated carbocycles. The normalized spacial score (nSPS) is 11.9. The third kappa shape index (κ3) is 4.79. The molecule has 0 spiro atoms. The van der Waals surface area contributed by atoms with Crippen molar-refractivity contribution in [3.05, 3.63) is 212 Å². The van der Waals surface area contributed by atoms with Crippen LogP contribution in [0.25, 0.3) is 87.3 Å². The minimum absolute atomic E-state index is 1.07. The van der Waals surface area contributed by atoms with E-state index in [0.717, 1.165) is 28.4 Å². The number of anilines is 3. The van der Waals surface area contributed by atoms with Gasteiger partial charge in [-0.2, -0.15) is 0 Å². The Morgan fingerprint density at radius 3 is 1.28 bits per heavy atom. The highest BCUT2D eigenvalue weighted by Gasteiger charge is 2.22. The Hall–Kier alpha value is -7.62. The number of nitrogens with zero attached hydrogens (tertiary/aromatic N) is 3. The first-order valence-electron chi connectivity index (χ1n) is 19.6. The molecule has 0 amide bonds. The molecule has 2 aromatic heterocycles. The van der Waals surface area contributed by atoms with E-state index >= 15 is 0 Å². The van der Waals surface area contributed by atoms with Gasteiger partial charge in [0, 0.05) is 43.4 Å². The fourth-order valence-electron chi connectivity index (χ4n) is 9.37. The van der Waals surface area contributed by atoms with Crippen LogP contribution in [-0.2, 0) is 0 Å². The first-order chi connectivity index (χ1) is 28.3. The van der Waals surface area contributed by atoms with Gasteiger partial charge in [-0.25, -0.2) is 0 Å². The topological polar surface area (TPSA) is 13.1 Å². The van der Waals surface area contributed by atoms with Crippen LogP contribution >= 0.6 is 0 Å². The zero-order valence-electron chi connectivity index (χ0n) is 31.0. The number of hydrogen-bond donors (Lipinski definition) is 0. The highest BCUT2D eigenvalue weighted by atomic mass is 15.2. The summed E-state index contributed by atoms with van der Waals surface area (Å²) in [7, 11) is 0. The molecular weight excluding hydrogens is 691 g/mol. The van der Waals surface area contributed by atoms with Crippen LogP contribution < -0.4 is 4.90 Å². The summed E-state index contributed by atoms with van der Waals surface area (Å²) < 4.78 is 5.00. The van der Waals surface area contributed by atoms with Gasteiger partial charge in [-0.3, -0.25) is 0 Å². The Morgan fingerprint density at radius 1 is 0.281 bits per heavy atom. The Morgan fingerprint density at radius 2 is 0.719 bits per heavy atom. The average Bonchev–Trinajstić information content (AvgIpc) is 3.81. The lowest BCUT2D eigenvalue weighted by Gasteiger charge is -2.28. The van der Waals surface area contributed by atoms with Gasteiger partial charge in [-0.15, -0.1) is 0 Å². The predicted molar refractivity (Wildman–Crippen MR) is 242 cm³/mol. The highest BCUT2D eigenvalue weighted by Crippen LogP contribution is 2.44. The largest absolute Gasteiger partial charge is 0.310 e. The Bertz CT molecular complexity index is 3360. The summed E-state index contributed by atoms with van der Waals surface area (Å²) >= 11 is 0. The molecule has 12 aromatic rings. The first kappa shape index (κ1) is 31.7. The lowest BCUT2D eigenvalue weighted by molar-refractivity contribution is 1.13. The molecule has 2 heterocycles. The van der Waals surface area contributed by atoms with Gasteiger partial charge in [0.25, 0.3) is 0 Å². The summed E-state index contributed by atoms with van der Waals surface area (Å²) in [5, 5.41) is 12.3. The second-order valence-corrected chi connectivity index (χ2v) is 14.9. The van der Waals surface area contributed by atoms with Gasteiger partial charge < -0.3 is 14.0 Å².